The summed E-state index contributed by atoms with van der Waals surface area (Å²) in [6.07, 6.45) is 0. The fourth-order valence-electron chi connectivity index (χ4n) is 2.00. The van der Waals surface area contributed by atoms with Gasteiger partial charge in [0.2, 0.25) is 10.0 Å². The minimum absolute atomic E-state index is 0.00213. The summed E-state index contributed by atoms with van der Waals surface area (Å²) in [5, 5.41) is 11.5. The van der Waals surface area contributed by atoms with Crippen molar-refractivity contribution in [3.63, 3.8) is 0 Å². The van der Waals surface area contributed by atoms with E-state index in [-0.39, 0.29) is 10.8 Å². The first-order chi connectivity index (χ1) is 10.2. The van der Waals surface area contributed by atoms with E-state index >= 15 is 0 Å². The molecule has 1 aromatic heterocycles. The van der Waals surface area contributed by atoms with Crippen molar-refractivity contribution in [1.29, 1.82) is 0 Å². The maximum absolute atomic E-state index is 12.4. The minimum atomic E-state index is -3.83. The lowest BCUT2D eigenvalue weighted by Gasteiger charge is -2.08. The van der Waals surface area contributed by atoms with Crippen LogP contribution in [0.3, 0.4) is 0 Å². The third kappa shape index (κ3) is 3.34. The SMILES string of the molecule is Cc1noc(C(C)C)c1C(=O)Nc1cccc(S(N)(=O)=O)c1. The first kappa shape index (κ1) is 16.2. The zero-order chi connectivity index (χ0) is 16.5. The highest BCUT2D eigenvalue weighted by Crippen LogP contribution is 2.23. The predicted molar refractivity (Wildman–Crippen MR) is 81.1 cm³/mol. The molecule has 1 amide bonds. The van der Waals surface area contributed by atoms with Crippen LogP contribution in [0.5, 0.6) is 0 Å². The van der Waals surface area contributed by atoms with E-state index in [2.05, 4.69) is 10.5 Å². The van der Waals surface area contributed by atoms with Crippen molar-refractivity contribution in [3.05, 3.63) is 41.3 Å². The lowest BCUT2D eigenvalue weighted by Crippen LogP contribution is -2.16. The number of aryl methyl sites for hydroxylation is 1. The number of nitrogens with two attached hydrogens (primary N) is 1. The number of anilines is 1. The average molecular weight is 323 g/mol. The fraction of sp³-hybridized carbons (Fsp3) is 0.286. The Morgan fingerprint density at radius 2 is 2.05 bits per heavy atom. The van der Waals surface area contributed by atoms with E-state index in [0.29, 0.717) is 22.7 Å². The van der Waals surface area contributed by atoms with Gasteiger partial charge in [0.1, 0.15) is 5.56 Å². The molecule has 0 saturated heterocycles. The molecule has 8 heteroatoms. The number of hydrogen-bond acceptors (Lipinski definition) is 5. The lowest BCUT2D eigenvalue weighted by atomic mass is 10.0. The molecule has 1 aromatic carbocycles. The number of nitrogens with zero attached hydrogens (tertiary/aromatic N) is 1. The molecule has 0 unspecified atom stereocenters. The van der Waals surface area contributed by atoms with E-state index in [9.17, 15) is 13.2 Å². The summed E-state index contributed by atoms with van der Waals surface area (Å²) in [6, 6.07) is 5.73. The van der Waals surface area contributed by atoms with Crippen molar-refractivity contribution in [1.82, 2.24) is 5.16 Å². The van der Waals surface area contributed by atoms with Gasteiger partial charge in [-0.05, 0) is 25.1 Å². The number of carbonyl (C=O) groups excluding carboxylic acids is 1. The summed E-state index contributed by atoms with van der Waals surface area (Å²) in [4.78, 5) is 12.3. The van der Waals surface area contributed by atoms with Gasteiger partial charge in [-0.3, -0.25) is 4.79 Å². The highest BCUT2D eigenvalue weighted by Gasteiger charge is 2.22. The highest BCUT2D eigenvalue weighted by molar-refractivity contribution is 7.89. The highest BCUT2D eigenvalue weighted by atomic mass is 32.2. The van der Waals surface area contributed by atoms with Crippen LogP contribution in [0.2, 0.25) is 0 Å². The van der Waals surface area contributed by atoms with Gasteiger partial charge in [-0.2, -0.15) is 0 Å². The van der Waals surface area contributed by atoms with Gasteiger partial charge < -0.3 is 9.84 Å². The number of sulfonamides is 1. The van der Waals surface area contributed by atoms with Gasteiger partial charge in [-0.1, -0.05) is 25.1 Å². The Kier molecular flexibility index (Phi) is 4.34. The van der Waals surface area contributed by atoms with Crippen LogP contribution in [0.4, 0.5) is 5.69 Å². The Hall–Kier alpha value is -2.19. The molecule has 7 nitrogen and oxygen atoms in total. The van der Waals surface area contributed by atoms with Gasteiger partial charge in [-0.25, -0.2) is 13.6 Å². The van der Waals surface area contributed by atoms with Crippen molar-refractivity contribution in [2.45, 2.75) is 31.6 Å². The largest absolute Gasteiger partial charge is 0.360 e. The topological polar surface area (TPSA) is 115 Å². The van der Waals surface area contributed by atoms with Crippen LogP contribution >= 0.6 is 0 Å². The van der Waals surface area contributed by atoms with Crippen LogP contribution in [0.1, 0.15) is 41.6 Å². The number of aromatic nitrogens is 1. The Bertz CT molecular complexity index is 809. The number of hydrogen-bond donors (Lipinski definition) is 2. The van der Waals surface area contributed by atoms with Crippen LogP contribution in [-0.2, 0) is 10.0 Å². The number of amides is 1. The minimum Gasteiger partial charge on any atom is -0.360 e. The summed E-state index contributed by atoms with van der Waals surface area (Å²) in [6.45, 7) is 5.45. The Balaban J connectivity index is 2.32. The normalized spacial score (nSPS) is 11.7. The maximum atomic E-state index is 12.4. The van der Waals surface area contributed by atoms with Gasteiger partial charge in [0.25, 0.3) is 5.91 Å². The molecule has 22 heavy (non-hydrogen) atoms. The van der Waals surface area contributed by atoms with E-state index < -0.39 is 15.9 Å². The summed E-state index contributed by atoms with van der Waals surface area (Å²) in [5.41, 5.74) is 1.16. The number of benzene rings is 1. The molecule has 0 aliphatic rings. The molecule has 118 valence electrons. The monoisotopic (exact) mass is 323 g/mol. The van der Waals surface area contributed by atoms with Crippen molar-refractivity contribution < 1.29 is 17.7 Å². The molecule has 1 heterocycles. The zero-order valence-corrected chi connectivity index (χ0v) is 13.3. The number of carbonyl (C=O) groups is 1. The number of nitrogens with one attached hydrogen (secondary N) is 1. The maximum Gasteiger partial charge on any atom is 0.261 e. The number of rotatable bonds is 4. The third-order valence-electron chi connectivity index (χ3n) is 3.06. The molecule has 2 aromatic rings. The van der Waals surface area contributed by atoms with Crippen LogP contribution in [-0.4, -0.2) is 19.5 Å². The standard InChI is InChI=1S/C14H17N3O4S/c1-8(2)13-12(9(3)17-21-13)14(18)16-10-5-4-6-11(7-10)22(15,19)20/h4-8H,1-3H3,(H,16,18)(H2,15,19,20). The molecule has 0 aliphatic carbocycles. The Labute approximate surface area is 128 Å². The van der Waals surface area contributed by atoms with E-state index in [1.807, 2.05) is 13.8 Å². The molecule has 0 bridgehead atoms. The van der Waals surface area contributed by atoms with Crippen molar-refractivity contribution in [2.75, 3.05) is 5.32 Å². The van der Waals surface area contributed by atoms with Gasteiger partial charge in [0.05, 0.1) is 10.6 Å². The summed E-state index contributed by atoms with van der Waals surface area (Å²) in [7, 11) is -3.83. The smallest absolute Gasteiger partial charge is 0.261 e. The summed E-state index contributed by atoms with van der Waals surface area (Å²) in [5.74, 6) is 0.0734. The van der Waals surface area contributed by atoms with E-state index in [1.165, 1.54) is 18.2 Å². The first-order valence-corrected chi connectivity index (χ1v) is 8.15. The molecule has 0 fully saturated rings. The van der Waals surface area contributed by atoms with Gasteiger partial charge in [0, 0.05) is 11.6 Å². The second-order valence-corrected chi connectivity index (χ2v) is 6.75. The molecule has 0 aliphatic heterocycles. The number of primary sulfonamides is 1. The first-order valence-electron chi connectivity index (χ1n) is 6.60. The van der Waals surface area contributed by atoms with Crippen molar-refractivity contribution in [2.24, 2.45) is 5.14 Å². The molecule has 0 atom stereocenters. The second-order valence-electron chi connectivity index (χ2n) is 5.19. The van der Waals surface area contributed by atoms with Crippen molar-refractivity contribution in [3.8, 4) is 0 Å². The predicted octanol–water partition coefficient (Wildman–Crippen LogP) is 2.01. The summed E-state index contributed by atoms with van der Waals surface area (Å²) < 4.78 is 27.8. The molecular weight excluding hydrogens is 306 g/mol. The average Bonchev–Trinajstić information content (AvgIpc) is 2.80. The van der Waals surface area contributed by atoms with E-state index in [0.717, 1.165) is 0 Å². The zero-order valence-electron chi connectivity index (χ0n) is 12.5. The fourth-order valence-corrected chi connectivity index (χ4v) is 2.56. The third-order valence-corrected chi connectivity index (χ3v) is 3.97. The Morgan fingerprint density at radius 3 is 2.64 bits per heavy atom. The van der Waals surface area contributed by atoms with Gasteiger partial charge >= 0.3 is 0 Å². The van der Waals surface area contributed by atoms with Crippen LogP contribution in [0.25, 0.3) is 0 Å². The quantitative estimate of drug-likeness (QED) is 0.893. The Morgan fingerprint density at radius 1 is 1.36 bits per heavy atom. The molecule has 3 N–H and O–H groups in total. The van der Waals surface area contributed by atoms with E-state index in [4.69, 9.17) is 9.66 Å². The van der Waals surface area contributed by atoms with Gasteiger partial charge in [0.15, 0.2) is 5.76 Å². The van der Waals surface area contributed by atoms with E-state index in [1.54, 1.807) is 13.0 Å². The summed E-state index contributed by atoms with van der Waals surface area (Å²) >= 11 is 0. The van der Waals surface area contributed by atoms with Crippen LogP contribution in [0, 0.1) is 6.92 Å². The molecule has 0 spiro atoms. The molecule has 0 radical (unpaired) electrons. The molecule has 0 saturated carbocycles. The van der Waals surface area contributed by atoms with Crippen LogP contribution < -0.4 is 10.5 Å². The second kappa shape index (κ2) is 5.90. The van der Waals surface area contributed by atoms with Gasteiger partial charge in [-0.15, -0.1) is 0 Å². The molecule has 2 rings (SSSR count). The van der Waals surface area contributed by atoms with Crippen molar-refractivity contribution >= 4 is 21.6 Å². The lowest BCUT2D eigenvalue weighted by molar-refractivity contribution is 0.102. The van der Waals surface area contributed by atoms with Crippen LogP contribution in [0.15, 0.2) is 33.7 Å². The molecular formula is C14H17N3O4S.